The molecule has 0 aliphatic rings. The van der Waals surface area contributed by atoms with Crippen LogP contribution in [0, 0.1) is 0 Å². The summed E-state index contributed by atoms with van der Waals surface area (Å²) in [6.45, 7) is 4.24. The van der Waals surface area contributed by atoms with Crippen LogP contribution in [0.1, 0.15) is 35.3 Å². The average molecular weight is 521 g/mol. The highest BCUT2D eigenvalue weighted by molar-refractivity contribution is 7.92. The minimum atomic E-state index is -3.64. The van der Waals surface area contributed by atoms with Crippen molar-refractivity contribution in [3.63, 3.8) is 0 Å². The zero-order valence-electron chi connectivity index (χ0n) is 19.1. The van der Waals surface area contributed by atoms with Gasteiger partial charge in [0, 0.05) is 27.7 Å². The number of ether oxygens (including phenoxy) is 1. The molecule has 0 saturated carbocycles. The molecule has 9 heteroatoms. The van der Waals surface area contributed by atoms with Gasteiger partial charge in [-0.1, -0.05) is 41.4 Å². The van der Waals surface area contributed by atoms with Crippen molar-refractivity contribution in [1.29, 1.82) is 0 Å². The molecule has 0 aliphatic heterocycles. The predicted octanol–water partition coefficient (Wildman–Crippen LogP) is 5.68. The lowest BCUT2D eigenvalue weighted by Gasteiger charge is -2.23. The van der Waals surface area contributed by atoms with Crippen LogP contribution in [0.25, 0.3) is 0 Å². The minimum Gasteiger partial charge on any atom is -0.491 e. The first kappa shape index (κ1) is 25.9. The average Bonchev–Trinajstić information content (AvgIpc) is 2.77. The number of carbonyl (C=O) groups is 1. The fourth-order valence-corrected chi connectivity index (χ4v) is 4.63. The van der Waals surface area contributed by atoms with E-state index < -0.39 is 10.0 Å². The molecule has 0 radical (unpaired) electrons. The van der Waals surface area contributed by atoms with E-state index in [0.717, 1.165) is 17.6 Å². The van der Waals surface area contributed by atoms with Gasteiger partial charge in [0.25, 0.3) is 5.91 Å². The van der Waals surface area contributed by atoms with E-state index in [1.165, 1.54) is 4.31 Å². The summed E-state index contributed by atoms with van der Waals surface area (Å²) >= 11 is 12.5. The van der Waals surface area contributed by atoms with Crippen molar-refractivity contribution >= 4 is 44.8 Å². The summed E-state index contributed by atoms with van der Waals surface area (Å²) in [6.07, 6.45) is 1.20. The normalized spacial score (nSPS) is 11.4. The number of sulfonamides is 1. The monoisotopic (exact) mass is 520 g/mol. The summed E-state index contributed by atoms with van der Waals surface area (Å²) < 4.78 is 31.8. The SMILES string of the molecule is CC(C)Oc1ccc(CNC(=O)c2ccc(N(Cc3c(Cl)cccc3Cl)S(C)(=O)=O)cc2)cc1. The topological polar surface area (TPSA) is 75.7 Å². The van der Waals surface area contributed by atoms with Crippen molar-refractivity contribution in [2.75, 3.05) is 10.6 Å². The third-order valence-corrected chi connectivity index (χ3v) is 6.78. The summed E-state index contributed by atoms with van der Waals surface area (Å²) in [4.78, 5) is 12.6. The van der Waals surface area contributed by atoms with Gasteiger partial charge in [-0.15, -0.1) is 0 Å². The van der Waals surface area contributed by atoms with Crippen LogP contribution in [-0.2, 0) is 23.1 Å². The first-order valence-electron chi connectivity index (χ1n) is 10.6. The van der Waals surface area contributed by atoms with E-state index in [1.807, 2.05) is 38.1 Å². The fraction of sp³-hybridized carbons (Fsp3) is 0.240. The molecule has 0 bridgehead atoms. The van der Waals surface area contributed by atoms with E-state index in [4.69, 9.17) is 27.9 Å². The lowest BCUT2D eigenvalue weighted by Crippen LogP contribution is -2.29. The second-order valence-corrected chi connectivity index (χ2v) is 10.7. The van der Waals surface area contributed by atoms with Gasteiger partial charge in [-0.25, -0.2) is 8.42 Å². The molecule has 180 valence electrons. The highest BCUT2D eigenvalue weighted by Gasteiger charge is 2.21. The van der Waals surface area contributed by atoms with E-state index in [0.29, 0.717) is 33.4 Å². The van der Waals surface area contributed by atoms with Gasteiger partial charge in [0.2, 0.25) is 10.0 Å². The minimum absolute atomic E-state index is 0.0284. The van der Waals surface area contributed by atoms with Crippen LogP contribution in [0.3, 0.4) is 0 Å². The number of nitrogens with zero attached hydrogens (tertiary/aromatic N) is 1. The fourth-order valence-electron chi connectivity index (χ4n) is 3.25. The Hall–Kier alpha value is -2.74. The Morgan fingerprint density at radius 2 is 1.56 bits per heavy atom. The lowest BCUT2D eigenvalue weighted by atomic mass is 10.1. The van der Waals surface area contributed by atoms with E-state index in [1.54, 1.807) is 42.5 Å². The number of carbonyl (C=O) groups excluding carboxylic acids is 1. The zero-order chi connectivity index (χ0) is 24.9. The standard InChI is InChI=1S/C25H26Cl2N2O4S/c1-17(2)33-21-13-7-18(8-14-21)15-28-25(30)19-9-11-20(12-10-19)29(34(3,31)32)16-22-23(26)5-4-6-24(22)27/h4-14,17H,15-16H2,1-3H3,(H,28,30). The molecule has 1 N–H and O–H groups in total. The molecule has 0 saturated heterocycles. The molecule has 1 amide bonds. The quantitative estimate of drug-likeness (QED) is 0.393. The number of hydrogen-bond acceptors (Lipinski definition) is 4. The van der Waals surface area contributed by atoms with Crippen LogP contribution in [0.4, 0.5) is 5.69 Å². The van der Waals surface area contributed by atoms with E-state index in [2.05, 4.69) is 5.32 Å². The third-order valence-electron chi connectivity index (χ3n) is 4.93. The Kier molecular flexibility index (Phi) is 8.47. The molecule has 0 atom stereocenters. The van der Waals surface area contributed by atoms with Crippen LogP contribution in [0.15, 0.2) is 66.7 Å². The Bertz CT molecular complexity index is 1220. The summed E-state index contributed by atoms with van der Waals surface area (Å²) in [5, 5.41) is 3.61. The molecule has 0 fully saturated rings. The van der Waals surface area contributed by atoms with E-state index in [9.17, 15) is 13.2 Å². The van der Waals surface area contributed by atoms with Crippen molar-refractivity contribution in [3.05, 3.63) is 93.5 Å². The van der Waals surface area contributed by atoms with Crippen LogP contribution in [-0.4, -0.2) is 26.7 Å². The molecule has 0 spiro atoms. The molecule has 0 heterocycles. The largest absolute Gasteiger partial charge is 0.491 e. The molecule has 0 aromatic heterocycles. The Morgan fingerprint density at radius 1 is 0.971 bits per heavy atom. The van der Waals surface area contributed by atoms with Crippen LogP contribution < -0.4 is 14.4 Å². The van der Waals surface area contributed by atoms with Gasteiger partial charge in [0.05, 0.1) is 24.6 Å². The van der Waals surface area contributed by atoms with Crippen molar-refractivity contribution in [1.82, 2.24) is 5.32 Å². The smallest absolute Gasteiger partial charge is 0.251 e. The van der Waals surface area contributed by atoms with Crippen LogP contribution in [0.2, 0.25) is 10.0 Å². The molecular weight excluding hydrogens is 495 g/mol. The molecular formula is C25H26Cl2N2O4S. The zero-order valence-corrected chi connectivity index (χ0v) is 21.4. The van der Waals surface area contributed by atoms with Gasteiger partial charge in [-0.3, -0.25) is 9.10 Å². The van der Waals surface area contributed by atoms with Crippen molar-refractivity contribution < 1.29 is 17.9 Å². The van der Waals surface area contributed by atoms with Crippen LogP contribution >= 0.6 is 23.2 Å². The maximum Gasteiger partial charge on any atom is 0.251 e. The summed E-state index contributed by atoms with van der Waals surface area (Å²) in [7, 11) is -3.64. The predicted molar refractivity (Wildman–Crippen MR) is 137 cm³/mol. The maximum absolute atomic E-state index is 12.6. The molecule has 0 unspecified atom stereocenters. The van der Waals surface area contributed by atoms with Gasteiger partial charge in [-0.05, 0) is 67.9 Å². The number of benzene rings is 3. The van der Waals surface area contributed by atoms with Crippen LogP contribution in [0.5, 0.6) is 5.75 Å². The van der Waals surface area contributed by atoms with Crippen molar-refractivity contribution in [3.8, 4) is 5.75 Å². The van der Waals surface area contributed by atoms with Gasteiger partial charge < -0.3 is 10.1 Å². The highest BCUT2D eigenvalue weighted by Crippen LogP contribution is 2.29. The molecule has 34 heavy (non-hydrogen) atoms. The van der Waals surface area contributed by atoms with Gasteiger partial charge in [0.15, 0.2) is 0 Å². The second-order valence-electron chi connectivity index (χ2n) is 8.01. The molecule has 0 aliphatic carbocycles. The molecule has 3 aromatic carbocycles. The number of amides is 1. The summed E-state index contributed by atoms with van der Waals surface area (Å²) in [5.74, 6) is 0.503. The summed E-state index contributed by atoms with van der Waals surface area (Å²) in [6, 6.07) is 18.8. The molecule has 3 aromatic rings. The van der Waals surface area contributed by atoms with E-state index >= 15 is 0 Å². The maximum atomic E-state index is 12.6. The lowest BCUT2D eigenvalue weighted by molar-refractivity contribution is 0.0951. The van der Waals surface area contributed by atoms with Gasteiger partial charge in [-0.2, -0.15) is 0 Å². The first-order valence-corrected chi connectivity index (χ1v) is 13.2. The Labute approximate surface area is 210 Å². The Balaban J connectivity index is 1.70. The second kappa shape index (κ2) is 11.1. The number of anilines is 1. The van der Waals surface area contributed by atoms with Crippen molar-refractivity contribution in [2.24, 2.45) is 0 Å². The van der Waals surface area contributed by atoms with E-state index in [-0.39, 0.29) is 18.6 Å². The molecule has 3 rings (SSSR count). The van der Waals surface area contributed by atoms with Gasteiger partial charge in [0.1, 0.15) is 5.75 Å². The first-order chi connectivity index (χ1) is 16.0. The van der Waals surface area contributed by atoms with Gasteiger partial charge >= 0.3 is 0 Å². The van der Waals surface area contributed by atoms with Crippen molar-refractivity contribution in [2.45, 2.75) is 33.0 Å². The number of hydrogen-bond donors (Lipinski definition) is 1. The Morgan fingerprint density at radius 3 is 2.09 bits per heavy atom. The number of rotatable bonds is 9. The number of nitrogens with one attached hydrogen (secondary N) is 1. The molecule has 6 nitrogen and oxygen atoms in total. The number of halogens is 2. The highest BCUT2D eigenvalue weighted by atomic mass is 35.5. The summed E-state index contributed by atoms with van der Waals surface area (Å²) in [5.41, 5.74) is 2.24. The third kappa shape index (κ3) is 6.88.